The minimum absolute atomic E-state index is 0.0613. The number of anilines is 2. The summed E-state index contributed by atoms with van der Waals surface area (Å²) in [5.74, 6) is 0.350. The van der Waals surface area contributed by atoms with Crippen molar-refractivity contribution in [1.82, 2.24) is 15.4 Å². The third-order valence-electron chi connectivity index (χ3n) is 5.09. The minimum Gasteiger partial charge on any atom is -0.489 e. The van der Waals surface area contributed by atoms with Crippen LogP contribution in [-0.4, -0.2) is 40.6 Å². The number of benzene rings is 2. The van der Waals surface area contributed by atoms with Crippen molar-refractivity contribution >= 4 is 28.9 Å². The summed E-state index contributed by atoms with van der Waals surface area (Å²) >= 11 is 6.39. The predicted molar refractivity (Wildman–Crippen MR) is 108 cm³/mol. The number of amides is 1. The maximum atomic E-state index is 13.7. The number of carbonyl (C=O) groups is 1. The summed E-state index contributed by atoms with van der Waals surface area (Å²) in [5.41, 5.74) is 2.97. The summed E-state index contributed by atoms with van der Waals surface area (Å²) in [4.78, 5) is 13.8. The molecule has 2 aromatic carbocycles. The number of halogens is 2. The molecule has 0 radical (unpaired) electrons. The van der Waals surface area contributed by atoms with Crippen LogP contribution in [0.5, 0.6) is 11.5 Å². The van der Waals surface area contributed by atoms with Crippen LogP contribution >= 0.6 is 11.6 Å². The molecule has 1 atom stereocenters. The molecule has 0 saturated heterocycles. The molecule has 1 aromatic heterocycles. The van der Waals surface area contributed by atoms with E-state index < -0.39 is 0 Å². The highest BCUT2D eigenvalue weighted by Gasteiger charge is 2.30. The van der Waals surface area contributed by atoms with E-state index in [1.54, 1.807) is 12.3 Å². The number of hydrogen-bond donors (Lipinski definition) is 2. The third-order valence-corrected chi connectivity index (χ3v) is 5.37. The van der Waals surface area contributed by atoms with E-state index in [0.29, 0.717) is 41.8 Å². The molecule has 8 nitrogen and oxygen atoms in total. The van der Waals surface area contributed by atoms with Crippen molar-refractivity contribution in [3.8, 4) is 11.5 Å². The van der Waals surface area contributed by atoms with Crippen LogP contribution in [0.4, 0.5) is 15.8 Å². The van der Waals surface area contributed by atoms with Crippen LogP contribution in [0.3, 0.4) is 0 Å². The molecule has 0 spiro atoms. The second-order valence-electron chi connectivity index (χ2n) is 7.16. The first-order valence-corrected chi connectivity index (χ1v) is 9.73. The standard InChI is InChI=1S/C20H17ClFN5O3/c21-15-3-11(4-16-20(15)30-10-19(28)24-16)8-27-14(6-13-7-23-26-25-13)9-29-18-5-12(22)1-2-17(18)27/h1-5,7,14H,6,8-10H2,(H,24,28)(H,23,25,26)/t14-/m0/s1. The van der Waals surface area contributed by atoms with Gasteiger partial charge in [-0.2, -0.15) is 15.4 Å². The number of aromatic nitrogens is 3. The van der Waals surface area contributed by atoms with Gasteiger partial charge in [-0.25, -0.2) is 4.39 Å². The molecule has 154 valence electrons. The van der Waals surface area contributed by atoms with Crippen LogP contribution in [0.15, 0.2) is 36.5 Å². The Bertz CT molecular complexity index is 1110. The number of nitrogens with zero attached hydrogens (tertiary/aromatic N) is 3. The highest BCUT2D eigenvalue weighted by molar-refractivity contribution is 6.33. The first kappa shape index (κ1) is 18.7. The van der Waals surface area contributed by atoms with Crippen LogP contribution in [-0.2, 0) is 17.8 Å². The molecule has 2 aliphatic rings. The molecule has 0 bridgehead atoms. The molecule has 1 amide bonds. The molecule has 3 heterocycles. The summed E-state index contributed by atoms with van der Waals surface area (Å²) in [7, 11) is 0. The highest BCUT2D eigenvalue weighted by Crippen LogP contribution is 2.40. The highest BCUT2D eigenvalue weighted by atomic mass is 35.5. The normalized spacial score (nSPS) is 17.5. The lowest BCUT2D eigenvalue weighted by molar-refractivity contribution is -0.118. The van der Waals surface area contributed by atoms with Crippen LogP contribution in [0.25, 0.3) is 0 Å². The van der Waals surface area contributed by atoms with Crippen molar-refractivity contribution in [3.05, 3.63) is 58.6 Å². The van der Waals surface area contributed by atoms with Gasteiger partial charge in [-0.1, -0.05) is 11.6 Å². The maximum absolute atomic E-state index is 13.7. The number of fused-ring (bicyclic) bond motifs is 2. The van der Waals surface area contributed by atoms with Crippen LogP contribution in [0, 0.1) is 5.82 Å². The summed E-state index contributed by atoms with van der Waals surface area (Å²) in [6, 6.07) is 8.07. The molecule has 0 aliphatic carbocycles. The number of hydrogen-bond acceptors (Lipinski definition) is 6. The maximum Gasteiger partial charge on any atom is 0.262 e. The van der Waals surface area contributed by atoms with Crippen LogP contribution < -0.4 is 19.7 Å². The molecule has 2 aliphatic heterocycles. The van der Waals surface area contributed by atoms with Crippen molar-refractivity contribution in [3.63, 3.8) is 0 Å². The molecule has 0 saturated carbocycles. The van der Waals surface area contributed by atoms with Gasteiger partial charge in [0.15, 0.2) is 12.4 Å². The SMILES string of the molecule is O=C1COc2c(Cl)cc(CN3c4ccc(F)cc4OC[C@@H]3Cc3cn[nH]n3)cc2N1. The van der Waals surface area contributed by atoms with Crippen molar-refractivity contribution in [2.24, 2.45) is 0 Å². The molecular weight excluding hydrogens is 413 g/mol. The molecule has 2 N–H and O–H groups in total. The number of H-pyrrole nitrogens is 1. The summed E-state index contributed by atoms with van der Waals surface area (Å²) in [5, 5.41) is 13.8. The first-order valence-electron chi connectivity index (χ1n) is 9.35. The van der Waals surface area contributed by atoms with Gasteiger partial charge in [-0.3, -0.25) is 4.79 Å². The fraction of sp³-hybridized carbons (Fsp3) is 0.250. The predicted octanol–water partition coefficient (Wildman–Crippen LogP) is 2.94. The van der Waals surface area contributed by atoms with Crippen molar-refractivity contribution < 1.29 is 18.7 Å². The van der Waals surface area contributed by atoms with E-state index in [9.17, 15) is 9.18 Å². The Morgan fingerprint density at radius 2 is 2.17 bits per heavy atom. The van der Waals surface area contributed by atoms with Gasteiger partial charge in [0.2, 0.25) is 0 Å². The summed E-state index contributed by atoms with van der Waals surface area (Å²) < 4.78 is 25.0. The van der Waals surface area contributed by atoms with Gasteiger partial charge in [0, 0.05) is 19.0 Å². The van der Waals surface area contributed by atoms with Gasteiger partial charge < -0.3 is 19.7 Å². The van der Waals surface area contributed by atoms with Gasteiger partial charge in [0.05, 0.1) is 34.3 Å². The Kier molecular flexibility index (Phi) is 4.66. The lowest BCUT2D eigenvalue weighted by Crippen LogP contribution is -2.44. The Balaban J connectivity index is 1.50. The number of aromatic amines is 1. The second kappa shape index (κ2) is 7.49. The summed E-state index contributed by atoms with van der Waals surface area (Å²) in [6.45, 7) is 0.767. The van der Waals surface area contributed by atoms with E-state index in [1.807, 2.05) is 12.1 Å². The zero-order chi connectivity index (χ0) is 20.7. The van der Waals surface area contributed by atoms with E-state index in [-0.39, 0.29) is 24.4 Å². The zero-order valence-electron chi connectivity index (χ0n) is 15.7. The molecule has 3 aromatic rings. The third kappa shape index (κ3) is 3.52. The van der Waals surface area contributed by atoms with E-state index >= 15 is 0 Å². The molecule has 30 heavy (non-hydrogen) atoms. The van der Waals surface area contributed by atoms with Crippen molar-refractivity contribution in [2.75, 3.05) is 23.4 Å². The monoisotopic (exact) mass is 429 g/mol. The molecule has 5 rings (SSSR count). The molecule has 0 fully saturated rings. The average Bonchev–Trinajstić information content (AvgIpc) is 3.22. The van der Waals surface area contributed by atoms with E-state index in [2.05, 4.69) is 25.6 Å². The van der Waals surface area contributed by atoms with Crippen LogP contribution in [0.2, 0.25) is 5.02 Å². The van der Waals surface area contributed by atoms with Gasteiger partial charge in [0.25, 0.3) is 5.91 Å². The number of carbonyl (C=O) groups excluding carboxylic acids is 1. The lowest BCUT2D eigenvalue weighted by atomic mass is 10.0. The Labute approximate surface area is 175 Å². The largest absolute Gasteiger partial charge is 0.489 e. The Hall–Kier alpha value is -3.33. The van der Waals surface area contributed by atoms with Gasteiger partial charge in [0.1, 0.15) is 18.2 Å². The van der Waals surface area contributed by atoms with E-state index in [4.69, 9.17) is 21.1 Å². The molecular formula is C20H17ClFN5O3. The smallest absolute Gasteiger partial charge is 0.262 e. The van der Waals surface area contributed by atoms with Gasteiger partial charge in [-0.05, 0) is 29.8 Å². The number of rotatable bonds is 4. The Morgan fingerprint density at radius 1 is 1.27 bits per heavy atom. The second-order valence-corrected chi connectivity index (χ2v) is 7.57. The quantitative estimate of drug-likeness (QED) is 0.662. The fourth-order valence-corrected chi connectivity index (χ4v) is 4.06. The van der Waals surface area contributed by atoms with Gasteiger partial charge >= 0.3 is 0 Å². The zero-order valence-corrected chi connectivity index (χ0v) is 16.4. The lowest BCUT2D eigenvalue weighted by Gasteiger charge is -2.38. The average molecular weight is 430 g/mol. The fourth-order valence-electron chi connectivity index (χ4n) is 3.76. The van der Waals surface area contributed by atoms with Gasteiger partial charge in [-0.15, -0.1) is 0 Å². The van der Waals surface area contributed by atoms with Crippen molar-refractivity contribution in [2.45, 2.75) is 19.0 Å². The number of ether oxygens (including phenoxy) is 2. The number of nitrogens with one attached hydrogen (secondary N) is 2. The summed E-state index contributed by atoms with van der Waals surface area (Å²) in [6.07, 6.45) is 2.26. The minimum atomic E-state index is -0.361. The topological polar surface area (TPSA) is 92.4 Å². The van der Waals surface area contributed by atoms with Crippen molar-refractivity contribution in [1.29, 1.82) is 0 Å². The van der Waals surface area contributed by atoms with E-state index in [1.165, 1.54) is 12.1 Å². The van der Waals surface area contributed by atoms with Crippen LogP contribution in [0.1, 0.15) is 11.3 Å². The molecule has 0 unspecified atom stereocenters. The molecule has 10 heteroatoms. The first-order chi connectivity index (χ1) is 14.6. The van der Waals surface area contributed by atoms with E-state index in [0.717, 1.165) is 16.9 Å². The Morgan fingerprint density at radius 3 is 3.00 bits per heavy atom.